The van der Waals surface area contributed by atoms with E-state index in [2.05, 4.69) is 28.6 Å². The number of amides is 1. The number of carbonyl (C=O) groups excluding carboxylic acids is 1. The van der Waals surface area contributed by atoms with E-state index in [9.17, 15) is 4.79 Å². The number of fused-ring (bicyclic) bond motifs is 1. The van der Waals surface area contributed by atoms with Gasteiger partial charge in [0, 0.05) is 23.9 Å². The minimum Gasteiger partial charge on any atom is -0.338 e. The number of hydrogen-bond acceptors (Lipinski definition) is 3. The molecule has 4 heteroatoms. The monoisotopic (exact) mass is 264 g/mol. The highest BCUT2D eigenvalue weighted by molar-refractivity contribution is 7.10. The fourth-order valence-corrected chi connectivity index (χ4v) is 3.94. The van der Waals surface area contributed by atoms with Gasteiger partial charge in [0.25, 0.3) is 0 Å². The van der Waals surface area contributed by atoms with E-state index >= 15 is 0 Å². The zero-order valence-corrected chi connectivity index (χ0v) is 11.6. The van der Waals surface area contributed by atoms with Crippen LogP contribution in [0.2, 0.25) is 0 Å². The summed E-state index contributed by atoms with van der Waals surface area (Å²) in [4.78, 5) is 16.1. The van der Waals surface area contributed by atoms with E-state index in [4.69, 9.17) is 0 Å². The highest BCUT2D eigenvalue weighted by atomic mass is 32.1. The summed E-state index contributed by atoms with van der Waals surface area (Å²) in [5.41, 5.74) is 1.36. The third-order valence-electron chi connectivity index (χ3n) is 4.22. The fraction of sp³-hybridized carbons (Fsp3) is 0.643. The Bertz CT molecular complexity index is 443. The van der Waals surface area contributed by atoms with Crippen molar-refractivity contribution in [3.05, 3.63) is 21.9 Å². The lowest BCUT2D eigenvalue weighted by Crippen LogP contribution is -2.46. The van der Waals surface area contributed by atoms with Crippen LogP contribution in [0.15, 0.2) is 11.4 Å². The number of rotatable bonds is 1. The van der Waals surface area contributed by atoms with E-state index in [-0.39, 0.29) is 5.92 Å². The van der Waals surface area contributed by atoms with Gasteiger partial charge < -0.3 is 10.2 Å². The predicted molar refractivity (Wildman–Crippen MR) is 73.6 cm³/mol. The Morgan fingerprint density at radius 3 is 3.28 bits per heavy atom. The molecule has 3 rings (SSSR count). The molecule has 0 bridgehead atoms. The molecule has 2 unspecified atom stereocenters. The highest BCUT2D eigenvalue weighted by Gasteiger charge is 2.32. The molecule has 0 aliphatic carbocycles. The Hall–Kier alpha value is -0.870. The third-order valence-corrected chi connectivity index (χ3v) is 5.24. The molecule has 98 valence electrons. The maximum Gasteiger partial charge on any atom is 0.226 e. The molecule has 2 aliphatic heterocycles. The predicted octanol–water partition coefficient (Wildman–Crippen LogP) is 1.88. The van der Waals surface area contributed by atoms with Gasteiger partial charge in [-0.1, -0.05) is 6.92 Å². The average molecular weight is 264 g/mol. The summed E-state index contributed by atoms with van der Waals surface area (Å²) >= 11 is 1.83. The summed E-state index contributed by atoms with van der Waals surface area (Å²) in [5, 5.41) is 5.51. The van der Waals surface area contributed by atoms with Crippen LogP contribution in [0.4, 0.5) is 0 Å². The van der Waals surface area contributed by atoms with Crippen LogP contribution >= 0.6 is 11.3 Å². The molecule has 1 aromatic heterocycles. The van der Waals surface area contributed by atoms with E-state index in [1.807, 2.05) is 11.3 Å². The van der Waals surface area contributed by atoms with Crippen LogP contribution in [0.25, 0.3) is 0 Å². The topological polar surface area (TPSA) is 32.3 Å². The molecule has 0 saturated carbocycles. The van der Waals surface area contributed by atoms with Crippen molar-refractivity contribution in [3.8, 4) is 0 Å². The van der Waals surface area contributed by atoms with E-state index in [0.717, 1.165) is 39.0 Å². The highest BCUT2D eigenvalue weighted by Crippen LogP contribution is 2.27. The maximum absolute atomic E-state index is 12.6. The number of thiophene rings is 1. The van der Waals surface area contributed by atoms with Gasteiger partial charge in [-0.05, 0) is 48.9 Å². The molecule has 1 saturated heterocycles. The molecule has 3 nitrogen and oxygen atoms in total. The van der Waals surface area contributed by atoms with Gasteiger partial charge in [-0.15, -0.1) is 11.3 Å². The molecule has 0 spiro atoms. The Morgan fingerprint density at radius 1 is 1.56 bits per heavy atom. The van der Waals surface area contributed by atoms with Gasteiger partial charge in [0.2, 0.25) is 5.91 Å². The van der Waals surface area contributed by atoms with Crippen LogP contribution in [0.3, 0.4) is 0 Å². The molecule has 3 heterocycles. The summed E-state index contributed by atoms with van der Waals surface area (Å²) in [5.74, 6) is 1.07. The lowest BCUT2D eigenvalue weighted by atomic mass is 9.86. The fourth-order valence-electron chi connectivity index (χ4n) is 3.05. The van der Waals surface area contributed by atoms with Crippen molar-refractivity contribution in [2.45, 2.75) is 26.3 Å². The number of carbonyl (C=O) groups is 1. The molecule has 0 radical (unpaired) electrons. The normalized spacial score (nSPS) is 27.9. The Balaban J connectivity index is 1.70. The van der Waals surface area contributed by atoms with Crippen molar-refractivity contribution >= 4 is 17.2 Å². The van der Waals surface area contributed by atoms with E-state index < -0.39 is 0 Å². The first-order valence-corrected chi connectivity index (χ1v) is 7.68. The number of hydrogen-bond donors (Lipinski definition) is 1. The van der Waals surface area contributed by atoms with Crippen molar-refractivity contribution in [2.75, 3.05) is 19.6 Å². The minimum absolute atomic E-state index is 0.228. The second kappa shape index (κ2) is 5.02. The zero-order chi connectivity index (χ0) is 12.5. The molecule has 2 aliphatic rings. The average Bonchev–Trinajstić information content (AvgIpc) is 2.85. The first-order valence-electron chi connectivity index (χ1n) is 6.80. The van der Waals surface area contributed by atoms with Crippen molar-refractivity contribution < 1.29 is 4.79 Å². The molecule has 1 fully saturated rings. The maximum atomic E-state index is 12.6. The second-order valence-corrected chi connectivity index (χ2v) is 6.46. The van der Waals surface area contributed by atoms with Gasteiger partial charge in [-0.3, -0.25) is 4.79 Å². The van der Waals surface area contributed by atoms with Crippen molar-refractivity contribution in [1.29, 1.82) is 0 Å². The summed E-state index contributed by atoms with van der Waals surface area (Å²) < 4.78 is 0. The number of nitrogens with zero attached hydrogens (tertiary/aromatic N) is 1. The SMILES string of the molecule is CC1CNCCC1C(=O)N1CCc2sccc2C1. The first-order chi connectivity index (χ1) is 8.75. The molecule has 0 aromatic carbocycles. The summed E-state index contributed by atoms with van der Waals surface area (Å²) in [7, 11) is 0. The van der Waals surface area contributed by atoms with E-state index in [1.54, 1.807) is 0 Å². The molecule has 1 aromatic rings. The van der Waals surface area contributed by atoms with E-state index in [0.29, 0.717) is 11.8 Å². The lowest BCUT2D eigenvalue weighted by molar-refractivity contribution is -0.138. The zero-order valence-electron chi connectivity index (χ0n) is 10.8. The van der Waals surface area contributed by atoms with Gasteiger partial charge in [-0.2, -0.15) is 0 Å². The minimum atomic E-state index is 0.228. The standard InChI is InChI=1S/C14H20N2OS/c1-10-8-15-5-2-12(10)14(17)16-6-3-13-11(9-16)4-7-18-13/h4,7,10,12,15H,2-3,5-6,8-9H2,1H3. The summed E-state index contributed by atoms with van der Waals surface area (Å²) in [6, 6.07) is 2.17. The van der Waals surface area contributed by atoms with Crippen molar-refractivity contribution in [2.24, 2.45) is 11.8 Å². The van der Waals surface area contributed by atoms with Gasteiger partial charge in [0.15, 0.2) is 0 Å². The Labute approximate surface area is 112 Å². The van der Waals surface area contributed by atoms with Crippen LogP contribution < -0.4 is 5.32 Å². The molecule has 18 heavy (non-hydrogen) atoms. The summed E-state index contributed by atoms with van der Waals surface area (Å²) in [6.07, 6.45) is 2.03. The number of piperidine rings is 1. The molecule has 2 atom stereocenters. The van der Waals surface area contributed by atoms with Gasteiger partial charge >= 0.3 is 0 Å². The first kappa shape index (κ1) is 12.2. The molecular formula is C14H20N2OS. The van der Waals surface area contributed by atoms with Gasteiger partial charge in [0.05, 0.1) is 0 Å². The van der Waals surface area contributed by atoms with Gasteiger partial charge in [0.1, 0.15) is 0 Å². The van der Waals surface area contributed by atoms with Crippen LogP contribution in [-0.2, 0) is 17.8 Å². The van der Waals surface area contributed by atoms with Crippen LogP contribution in [0.5, 0.6) is 0 Å². The quantitative estimate of drug-likeness (QED) is 0.840. The largest absolute Gasteiger partial charge is 0.338 e. The number of nitrogens with one attached hydrogen (secondary N) is 1. The Kier molecular flexibility index (Phi) is 3.39. The van der Waals surface area contributed by atoms with Crippen LogP contribution in [-0.4, -0.2) is 30.4 Å². The lowest BCUT2D eigenvalue weighted by Gasteiger charge is -2.35. The van der Waals surface area contributed by atoms with Gasteiger partial charge in [-0.25, -0.2) is 0 Å². The smallest absolute Gasteiger partial charge is 0.226 e. The van der Waals surface area contributed by atoms with Crippen molar-refractivity contribution in [1.82, 2.24) is 10.2 Å². The van der Waals surface area contributed by atoms with Crippen LogP contribution in [0, 0.1) is 11.8 Å². The molecule has 1 N–H and O–H groups in total. The Morgan fingerprint density at radius 2 is 2.44 bits per heavy atom. The summed E-state index contributed by atoms with van der Waals surface area (Å²) in [6.45, 7) is 5.89. The van der Waals surface area contributed by atoms with Crippen LogP contribution in [0.1, 0.15) is 23.8 Å². The van der Waals surface area contributed by atoms with E-state index in [1.165, 1.54) is 10.4 Å². The molecule has 1 amide bonds. The third kappa shape index (κ3) is 2.19. The van der Waals surface area contributed by atoms with Crippen molar-refractivity contribution in [3.63, 3.8) is 0 Å². The molecular weight excluding hydrogens is 244 g/mol. The second-order valence-electron chi connectivity index (χ2n) is 5.46.